The Kier molecular flexibility index (Phi) is 4.56. The van der Waals surface area contributed by atoms with Crippen molar-refractivity contribution in [2.75, 3.05) is 0 Å². The Bertz CT molecular complexity index is 555. The topological polar surface area (TPSA) is 29.5 Å². The van der Waals surface area contributed by atoms with Crippen molar-refractivity contribution in [1.29, 1.82) is 0 Å². The van der Waals surface area contributed by atoms with E-state index >= 15 is 0 Å². The van der Waals surface area contributed by atoms with Gasteiger partial charge in [-0.2, -0.15) is 0 Å². The lowest BCUT2D eigenvalue weighted by Gasteiger charge is -2.10. The van der Waals surface area contributed by atoms with Gasteiger partial charge in [0.15, 0.2) is 11.6 Å². The van der Waals surface area contributed by atoms with Crippen LogP contribution < -0.4 is 4.74 Å². The number of hydrogen-bond acceptors (Lipinski definition) is 2. The van der Waals surface area contributed by atoms with Crippen molar-refractivity contribution in [2.24, 2.45) is 0 Å². The first-order valence-electron chi connectivity index (χ1n) is 6.01. The van der Waals surface area contributed by atoms with Gasteiger partial charge >= 0.3 is 0 Å². The molecule has 0 spiro atoms. The third-order valence-electron chi connectivity index (χ3n) is 2.77. The van der Waals surface area contributed by atoms with Crippen molar-refractivity contribution >= 4 is 15.9 Å². The van der Waals surface area contributed by atoms with E-state index in [1.807, 2.05) is 6.92 Å². The molecule has 19 heavy (non-hydrogen) atoms. The van der Waals surface area contributed by atoms with Gasteiger partial charge in [0.1, 0.15) is 5.75 Å². The van der Waals surface area contributed by atoms with Crippen molar-refractivity contribution in [3.63, 3.8) is 0 Å². The van der Waals surface area contributed by atoms with Gasteiger partial charge in [-0.05, 0) is 42.3 Å². The zero-order valence-corrected chi connectivity index (χ0v) is 12.0. The molecule has 2 nitrogen and oxygen atoms in total. The predicted molar refractivity (Wildman–Crippen MR) is 75.9 cm³/mol. The van der Waals surface area contributed by atoms with E-state index in [9.17, 15) is 9.50 Å². The summed E-state index contributed by atoms with van der Waals surface area (Å²) in [4.78, 5) is 0. The van der Waals surface area contributed by atoms with E-state index in [0.29, 0.717) is 12.2 Å². The van der Waals surface area contributed by atoms with Gasteiger partial charge < -0.3 is 9.84 Å². The van der Waals surface area contributed by atoms with E-state index in [-0.39, 0.29) is 5.75 Å². The Labute approximate surface area is 120 Å². The van der Waals surface area contributed by atoms with Crippen LogP contribution in [0, 0.1) is 5.82 Å². The third-order valence-corrected chi connectivity index (χ3v) is 3.27. The lowest BCUT2D eigenvalue weighted by molar-refractivity contribution is 0.173. The van der Waals surface area contributed by atoms with E-state index in [2.05, 4.69) is 15.9 Å². The van der Waals surface area contributed by atoms with Crippen molar-refractivity contribution < 1.29 is 14.2 Å². The number of aliphatic hydroxyl groups excluding tert-OH is 1. The minimum Gasteiger partial charge on any atom is -0.454 e. The summed E-state index contributed by atoms with van der Waals surface area (Å²) in [7, 11) is 0. The van der Waals surface area contributed by atoms with Crippen LogP contribution in [0.5, 0.6) is 11.5 Å². The maximum absolute atomic E-state index is 13.5. The first kappa shape index (κ1) is 14.0. The average Bonchev–Trinajstić information content (AvgIpc) is 2.43. The van der Waals surface area contributed by atoms with Crippen LogP contribution in [0.2, 0.25) is 0 Å². The molecule has 1 atom stereocenters. The van der Waals surface area contributed by atoms with Gasteiger partial charge in [0.2, 0.25) is 0 Å². The highest BCUT2D eigenvalue weighted by molar-refractivity contribution is 9.10. The number of rotatable bonds is 4. The lowest BCUT2D eigenvalue weighted by atomic mass is 10.1. The largest absolute Gasteiger partial charge is 0.454 e. The fourth-order valence-corrected chi connectivity index (χ4v) is 2.02. The van der Waals surface area contributed by atoms with Gasteiger partial charge in [-0.15, -0.1) is 0 Å². The maximum atomic E-state index is 13.5. The number of aliphatic hydroxyl groups is 1. The second kappa shape index (κ2) is 6.17. The number of benzene rings is 2. The highest BCUT2D eigenvalue weighted by atomic mass is 79.9. The van der Waals surface area contributed by atoms with Crippen LogP contribution in [-0.2, 0) is 0 Å². The molecule has 1 unspecified atom stereocenters. The quantitative estimate of drug-likeness (QED) is 0.873. The number of hydrogen-bond donors (Lipinski definition) is 1. The van der Waals surface area contributed by atoms with Gasteiger partial charge in [-0.3, -0.25) is 0 Å². The second-order valence-corrected chi connectivity index (χ2v) is 5.09. The second-order valence-electron chi connectivity index (χ2n) is 4.17. The molecular formula is C15H14BrFO2. The van der Waals surface area contributed by atoms with E-state index in [1.165, 1.54) is 6.07 Å². The van der Waals surface area contributed by atoms with Crippen molar-refractivity contribution in [3.05, 3.63) is 58.3 Å². The molecule has 0 saturated carbocycles. The molecule has 0 bridgehead atoms. The van der Waals surface area contributed by atoms with Crippen LogP contribution in [-0.4, -0.2) is 5.11 Å². The number of ether oxygens (including phenoxy) is 1. The molecule has 0 aliphatic rings. The van der Waals surface area contributed by atoms with Crippen LogP contribution in [0.3, 0.4) is 0 Å². The average molecular weight is 325 g/mol. The fourth-order valence-electron chi connectivity index (χ4n) is 1.68. The van der Waals surface area contributed by atoms with E-state index in [1.54, 1.807) is 36.4 Å². The summed E-state index contributed by atoms with van der Waals surface area (Å²) in [5, 5.41) is 9.68. The van der Waals surface area contributed by atoms with Gasteiger partial charge in [-0.1, -0.05) is 35.0 Å². The maximum Gasteiger partial charge on any atom is 0.165 e. The van der Waals surface area contributed by atoms with E-state index in [0.717, 1.165) is 10.0 Å². The zero-order chi connectivity index (χ0) is 13.8. The van der Waals surface area contributed by atoms with E-state index in [4.69, 9.17) is 4.74 Å². The molecule has 0 fully saturated rings. The van der Waals surface area contributed by atoms with Gasteiger partial charge in [0.25, 0.3) is 0 Å². The lowest BCUT2D eigenvalue weighted by Crippen LogP contribution is -1.95. The summed E-state index contributed by atoms with van der Waals surface area (Å²) in [5.74, 6) is 0.281. The molecule has 0 radical (unpaired) electrons. The van der Waals surface area contributed by atoms with Crippen molar-refractivity contribution in [3.8, 4) is 11.5 Å². The van der Waals surface area contributed by atoms with Crippen LogP contribution in [0.15, 0.2) is 46.9 Å². The van der Waals surface area contributed by atoms with Gasteiger partial charge in [0.05, 0.1) is 6.10 Å². The number of halogens is 2. The molecule has 0 aliphatic carbocycles. The summed E-state index contributed by atoms with van der Waals surface area (Å²) < 4.78 is 19.8. The predicted octanol–water partition coefficient (Wildman–Crippen LogP) is 4.82. The van der Waals surface area contributed by atoms with Gasteiger partial charge in [0, 0.05) is 4.47 Å². The molecule has 2 rings (SSSR count). The Hall–Kier alpha value is -1.39. The molecule has 4 heteroatoms. The molecular weight excluding hydrogens is 311 g/mol. The van der Waals surface area contributed by atoms with Crippen LogP contribution in [0.1, 0.15) is 25.0 Å². The van der Waals surface area contributed by atoms with Gasteiger partial charge in [-0.25, -0.2) is 4.39 Å². The molecule has 0 amide bonds. The Morgan fingerprint density at radius 3 is 2.53 bits per heavy atom. The Balaban J connectivity index is 2.17. The van der Waals surface area contributed by atoms with Crippen LogP contribution >= 0.6 is 15.9 Å². The normalized spacial score (nSPS) is 12.2. The fraction of sp³-hybridized carbons (Fsp3) is 0.200. The third kappa shape index (κ3) is 3.55. The minimum atomic E-state index is -0.475. The smallest absolute Gasteiger partial charge is 0.165 e. The first-order chi connectivity index (χ1) is 9.10. The first-order valence-corrected chi connectivity index (χ1v) is 6.80. The highest BCUT2D eigenvalue weighted by Gasteiger charge is 2.07. The van der Waals surface area contributed by atoms with Crippen LogP contribution in [0.4, 0.5) is 4.39 Å². The summed E-state index contributed by atoms with van der Waals surface area (Å²) in [6.45, 7) is 1.91. The summed E-state index contributed by atoms with van der Waals surface area (Å²) in [6, 6.07) is 11.5. The standard InChI is InChI=1S/C15H14BrFO2/c1-2-14(18)10-3-6-12(7-4-10)19-15-9-11(16)5-8-13(15)17/h3-9,14,18H,2H2,1H3. The van der Waals surface area contributed by atoms with Crippen LogP contribution in [0.25, 0.3) is 0 Å². The zero-order valence-electron chi connectivity index (χ0n) is 10.4. The molecule has 0 saturated heterocycles. The summed E-state index contributed by atoms with van der Waals surface area (Å²) in [5.41, 5.74) is 0.824. The van der Waals surface area contributed by atoms with Crippen molar-refractivity contribution in [2.45, 2.75) is 19.4 Å². The Morgan fingerprint density at radius 1 is 1.21 bits per heavy atom. The minimum absolute atomic E-state index is 0.165. The summed E-state index contributed by atoms with van der Waals surface area (Å²) in [6.07, 6.45) is 0.178. The Morgan fingerprint density at radius 2 is 1.89 bits per heavy atom. The molecule has 0 aliphatic heterocycles. The molecule has 2 aromatic rings. The van der Waals surface area contributed by atoms with E-state index < -0.39 is 11.9 Å². The molecule has 100 valence electrons. The SMILES string of the molecule is CCC(O)c1ccc(Oc2cc(Br)ccc2F)cc1. The summed E-state index contributed by atoms with van der Waals surface area (Å²) >= 11 is 3.27. The monoisotopic (exact) mass is 324 g/mol. The molecule has 0 heterocycles. The molecule has 2 aromatic carbocycles. The molecule has 1 N–H and O–H groups in total. The van der Waals surface area contributed by atoms with Crippen molar-refractivity contribution in [1.82, 2.24) is 0 Å². The molecule has 0 aromatic heterocycles. The highest BCUT2D eigenvalue weighted by Crippen LogP contribution is 2.28.